The molecule has 3 fully saturated rings. The third kappa shape index (κ3) is 4.91. The summed E-state index contributed by atoms with van der Waals surface area (Å²) in [5, 5.41) is 4.92. The smallest absolute Gasteiger partial charge is 0.396 e. The van der Waals surface area contributed by atoms with Crippen LogP contribution >= 0.6 is 0 Å². The summed E-state index contributed by atoms with van der Waals surface area (Å²) < 4.78 is 61.1. The highest BCUT2D eigenvalue weighted by Gasteiger charge is 2.56. The number of hydrogen-bond donors (Lipinski definition) is 1. The Morgan fingerprint density at radius 3 is 2.59 bits per heavy atom. The Kier molecular flexibility index (Phi) is 7.09. The van der Waals surface area contributed by atoms with E-state index < -0.39 is 22.5 Å². The van der Waals surface area contributed by atoms with E-state index in [1.165, 1.54) is 13.0 Å². The van der Waals surface area contributed by atoms with Gasteiger partial charge in [-0.1, -0.05) is 12.1 Å². The second-order valence-corrected chi connectivity index (χ2v) is 14.2. The first-order valence-electron chi connectivity index (χ1n) is 14.2. The van der Waals surface area contributed by atoms with E-state index >= 15 is 0 Å². The van der Waals surface area contributed by atoms with Gasteiger partial charge in [-0.3, -0.25) is 9.11 Å². The number of benzene rings is 1. The molecule has 0 saturated carbocycles. The van der Waals surface area contributed by atoms with E-state index in [1.807, 2.05) is 6.07 Å². The molecular weight excluding hydrogens is 553 g/mol. The first kappa shape index (κ1) is 28.4. The lowest BCUT2D eigenvalue weighted by Crippen LogP contribution is -2.43. The maximum atomic E-state index is 13.8. The lowest BCUT2D eigenvalue weighted by molar-refractivity contribution is -0.138. The van der Waals surface area contributed by atoms with Crippen LogP contribution in [-0.4, -0.2) is 73.6 Å². The Labute approximate surface area is 240 Å². The second kappa shape index (κ2) is 10.2. The highest BCUT2D eigenvalue weighted by Crippen LogP contribution is 2.51. The van der Waals surface area contributed by atoms with Crippen molar-refractivity contribution in [3.05, 3.63) is 52.3 Å². The van der Waals surface area contributed by atoms with Gasteiger partial charge in [-0.15, -0.1) is 5.10 Å². The van der Waals surface area contributed by atoms with E-state index in [9.17, 15) is 17.4 Å². The monoisotopic (exact) mass is 590 g/mol. The molecule has 2 atom stereocenters. The fraction of sp³-hybridized carbons (Fsp3) is 0.586. The number of alkyl halides is 3. The van der Waals surface area contributed by atoms with Crippen molar-refractivity contribution in [3.8, 4) is 0 Å². The summed E-state index contributed by atoms with van der Waals surface area (Å²) in [6.45, 7) is 10.5. The molecule has 8 nitrogen and oxygen atoms in total. The summed E-state index contributed by atoms with van der Waals surface area (Å²) in [4.78, 5) is 9.38. The molecule has 6 rings (SSSR count). The molecule has 0 aliphatic carbocycles. The summed E-state index contributed by atoms with van der Waals surface area (Å²) in [6.07, 6.45) is -2.31. The van der Waals surface area contributed by atoms with E-state index in [2.05, 4.69) is 23.6 Å². The van der Waals surface area contributed by atoms with Crippen LogP contribution in [0.15, 0.2) is 24.3 Å². The van der Waals surface area contributed by atoms with Crippen molar-refractivity contribution in [2.45, 2.75) is 57.5 Å². The molecular formula is C29H37F3N6O2S. The van der Waals surface area contributed by atoms with Crippen molar-refractivity contribution in [1.29, 1.82) is 0 Å². The summed E-state index contributed by atoms with van der Waals surface area (Å²) in [6, 6.07) is 6.14. The van der Waals surface area contributed by atoms with Gasteiger partial charge >= 0.3 is 6.18 Å². The molecule has 3 aromatic rings. The summed E-state index contributed by atoms with van der Waals surface area (Å²) in [5.74, 6) is 1.42. The van der Waals surface area contributed by atoms with Gasteiger partial charge in [-0.2, -0.15) is 13.2 Å². The normalized spacial score (nSPS) is 25.1. The van der Waals surface area contributed by atoms with E-state index in [0.29, 0.717) is 55.6 Å². The van der Waals surface area contributed by atoms with Crippen LogP contribution < -0.4 is 10.6 Å². The van der Waals surface area contributed by atoms with Crippen LogP contribution in [0.5, 0.6) is 0 Å². The highest BCUT2D eigenvalue weighted by molar-refractivity contribution is 7.86. The van der Waals surface area contributed by atoms with Crippen molar-refractivity contribution in [1.82, 2.24) is 19.5 Å². The molecule has 3 saturated heterocycles. The topological polar surface area (TPSA) is 89.0 Å². The van der Waals surface area contributed by atoms with Crippen molar-refractivity contribution in [3.63, 3.8) is 0 Å². The molecule has 2 aromatic heterocycles. The highest BCUT2D eigenvalue weighted by atomic mass is 32.2. The minimum absolute atomic E-state index is 0.0183. The number of anilines is 2. The molecule has 3 aliphatic rings. The predicted octanol–water partition coefficient (Wildman–Crippen LogP) is 4.19. The molecule has 41 heavy (non-hydrogen) atoms. The van der Waals surface area contributed by atoms with E-state index in [4.69, 9.17) is 20.6 Å². The number of aromatic nitrogens is 3. The number of fused-ring (bicyclic) bond motifs is 1. The van der Waals surface area contributed by atoms with Gasteiger partial charge in [0.2, 0.25) is 0 Å². The van der Waals surface area contributed by atoms with Crippen LogP contribution in [0.1, 0.15) is 54.8 Å². The van der Waals surface area contributed by atoms with E-state index in [0.717, 1.165) is 49.1 Å². The zero-order valence-corrected chi connectivity index (χ0v) is 24.6. The SMILES string of the molecule is Cc1c(Cc2c(CN3CCC4(CCS(=O)C4(C)C)C3)nc3c(N)cc(N4CCOCC4)nn23)cccc1C(F)(F)F. The number of rotatable bonds is 5. The molecule has 2 unspecified atom stereocenters. The van der Waals surface area contributed by atoms with Crippen molar-refractivity contribution in [2.75, 3.05) is 55.8 Å². The zero-order valence-electron chi connectivity index (χ0n) is 23.8. The van der Waals surface area contributed by atoms with Gasteiger partial charge in [0.25, 0.3) is 0 Å². The average molecular weight is 591 g/mol. The van der Waals surface area contributed by atoms with Crippen LogP contribution in [0.3, 0.4) is 0 Å². The Bertz CT molecular complexity index is 1500. The molecule has 222 valence electrons. The molecule has 1 aromatic carbocycles. The van der Waals surface area contributed by atoms with E-state index in [-0.39, 0.29) is 22.1 Å². The number of nitrogens with two attached hydrogens (primary N) is 1. The molecule has 2 N–H and O–H groups in total. The minimum Gasteiger partial charge on any atom is -0.396 e. The van der Waals surface area contributed by atoms with Gasteiger partial charge < -0.3 is 15.4 Å². The van der Waals surface area contributed by atoms with Crippen molar-refractivity contribution >= 4 is 28.0 Å². The van der Waals surface area contributed by atoms with Crippen molar-refractivity contribution < 1.29 is 22.1 Å². The third-order valence-electron chi connectivity index (χ3n) is 9.64. The Hall–Kier alpha value is -2.70. The first-order chi connectivity index (χ1) is 19.4. The molecule has 0 bridgehead atoms. The lowest BCUT2D eigenvalue weighted by Gasteiger charge is -2.36. The van der Waals surface area contributed by atoms with Gasteiger partial charge in [0.15, 0.2) is 11.5 Å². The number of nitrogen functional groups attached to an aromatic ring is 1. The number of halogens is 3. The number of likely N-dealkylation sites (tertiary alicyclic amines) is 1. The van der Waals surface area contributed by atoms with Crippen LogP contribution in [0.25, 0.3) is 5.65 Å². The Morgan fingerprint density at radius 1 is 1.15 bits per heavy atom. The quantitative estimate of drug-likeness (QED) is 0.477. The fourth-order valence-corrected chi connectivity index (χ4v) is 8.66. The number of nitrogens with zero attached hydrogens (tertiary/aromatic N) is 5. The van der Waals surface area contributed by atoms with Crippen molar-refractivity contribution in [2.24, 2.45) is 5.41 Å². The summed E-state index contributed by atoms with van der Waals surface area (Å²) in [5.41, 5.74) is 9.12. The number of imidazole rings is 1. The molecule has 3 aliphatic heterocycles. The summed E-state index contributed by atoms with van der Waals surface area (Å²) in [7, 11) is -0.866. The maximum absolute atomic E-state index is 13.8. The number of hydrogen-bond acceptors (Lipinski definition) is 7. The van der Waals surface area contributed by atoms with Crippen LogP contribution in [-0.2, 0) is 34.7 Å². The minimum atomic E-state index is -4.44. The molecule has 0 radical (unpaired) electrons. The summed E-state index contributed by atoms with van der Waals surface area (Å²) >= 11 is 0. The number of morpholine rings is 1. The van der Waals surface area contributed by atoms with Gasteiger partial charge in [0, 0.05) is 65.4 Å². The Balaban J connectivity index is 1.41. The van der Waals surface area contributed by atoms with Gasteiger partial charge in [-0.25, -0.2) is 9.50 Å². The van der Waals surface area contributed by atoms with Gasteiger partial charge in [0.1, 0.15) is 0 Å². The second-order valence-electron chi connectivity index (χ2n) is 12.1. The van der Waals surface area contributed by atoms with Crippen LogP contribution in [0.2, 0.25) is 0 Å². The predicted molar refractivity (Wildman–Crippen MR) is 153 cm³/mol. The fourth-order valence-electron chi connectivity index (χ4n) is 6.82. The number of ether oxygens (including phenoxy) is 1. The molecule has 5 heterocycles. The average Bonchev–Trinajstić information content (AvgIpc) is 3.57. The lowest BCUT2D eigenvalue weighted by atomic mass is 9.74. The molecule has 0 amide bonds. The van der Waals surface area contributed by atoms with Crippen LogP contribution in [0, 0.1) is 12.3 Å². The maximum Gasteiger partial charge on any atom is 0.416 e. The zero-order chi connectivity index (χ0) is 29.2. The third-order valence-corrected chi connectivity index (χ3v) is 11.8. The van der Waals surface area contributed by atoms with E-state index in [1.54, 1.807) is 10.6 Å². The largest absolute Gasteiger partial charge is 0.416 e. The molecule has 12 heteroatoms. The first-order valence-corrected chi connectivity index (χ1v) is 15.5. The van der Waals surface area contributed by atoms with Gasteiger partial charge in [-0.05, 0) is 57.4 Å². The standard InChI is InChI=1S/C29H37F3N6O2S/c1-19-20(5-4-6-21(19)29(30,31)32)15-24-23(17-36-9-7-28(18-36)8-14-41(39)27(28,2)3)34-26-22(33)16-25(35-38(24)26)37-10-12-40-13-11-37/h4-6,16H,7-15,17-18,33H2,1-3H3. The Morgan fingerprint density at radius 2 is 1.90 bits per heavy atom. The van der Waals surface area contributed by atoms with Crippen LogP contribution in [0.4, 0.5) is 24.7 Å². The molecule has 1 spiro atoms. The van der Waals surface area contributed by atoms with Gasteiger partial charge in [0.05, 0.1) is 35.9 Å².